The summed E-state index contributed by atoms with van der Waals surface area (Å²) in [6.45, 7) is 1.10. The van der Waals surface area contributed by atoms with Crippen LogP contribution in [0.2, 0.25) is 10.0 Å². The molecule has 3 rings (SSSR count). The number of halogens is 2. The zero-order valence-corrected chi connectivity index (χ0v) is 17.3. The molecule has 0 aromatic heterocycles. The van der Waals surface area contributed by atoms with Crippen molar-refractivity contribution in [3.8, 4) is 5.75 Å². The van der Waals surface area contributed by atoms with Gasteiger partial charge in [0.05, 0.1) is 31.0 Å². The number of nitrogens with zero attached hydrogens (tertiary/aromatic N) is 1. The van der Waals surface area contributed by atoms with Crippen LogP contribution in [0, 0.1) is 0 Å². The third-order valence-electron chi connectivity index (χ3n) is 4.19. The molecule has 0 atom stereocenters. The number of carbonyl (C=O) groups excluding carboxylic acids is 1. The maximum absolute atomic E-state index is 13.0. The molecule has 28 heavy (non-hydrogen) atoms. The summed E-state index contributed by atoms with van der Waals surface area (Å²) in [6.07, 6.45) is 0. The van der Waals surface area contributed by atoms with E-state index in [9.17, 15) is 13.2 Å². The zero-order valence-electron chi connectivity index (χ0n) is 14.9. The first kappa shape index (κ1) is 20.9. The van der Waals surface area contributed by atoms with Crippen LogP contribution < -0.4 is 10.1 Å². The Morgan fingerprint density at radius 2 is 1.86 bits per heavy atom. The fourth-order valence-corrected chi connectivity index (χ4v) is 4.66. The van der Waals surface area contributed by atoms with Gasteiger partial charge in [-0.15, -0.1) is 0 Å². The van der Waals surface area contributed by atoms with E-state index in [1.807, 2.05) is 0 Å². The Balaban J connectivity index is 1.94. The maximum atomic E-state index is 13.0. The Labute approximate surface area is 173 Å². The van der Waals surface area contributed by atoms with Crippen LogP contribution >= 0.6 is 23.2 Å². The molecule has 1 saturated heterocycles. The second kappa shape index (κ2) is 8.67. The number of benzene rings is 2. The minimum absolute atomic E-state index is 0.0817. The summed E-state index contributed by atoms with van der Waals surface area (Å²) in [7, 11) is -2.47. The second-order valence-corrected chi connectivity index (χ2v) is 8.71. The van der Waals surface area contributed by atoms with Gasteiger partial charge in [-0.25, -0.2) is 8.42 Å². The number of anilines is 1. The van der Waals surface area contributed by atoms with E-state index in [1.54, 1.807) is 12.1 Å². The van der Waals surface area contributed by atoms with E-state index in [0.717, 1.165) is 0 Å². The minimum Gasteiger partial charge on any atom is -0.495 e. The third-order valence-corrected chi connectivity index (χ3v) is 6.67. The summed E-state index contributed by atoms with van der Waals surface area (Å²) >= 11 is 12.0. The van der Waals surface area contributed by atoms with Crippen LogP contribution in [0.15, 0.2) is 41.3 Å². The molecule has 10 heteroatoms. The average Bonchev–Trinajstić information content (AvgIpc) is 2.70. The third kappa shape index (κ3) is 4.42. The fraction of sp³-hybridized carbons (Fsp3) is 0.278. The number of amides is 1. The standard InChI is InChI=1S/C18H18Cl2N2O5S/c1-26-16-5-2-12(18(23)21-15-11-13(19)3-4-14(15)20)10-17(16)28(24,25)22-6-8-27-9-7-22/h2-5,10-11H,6-9H2,1H3,(H,21,23). The number of nitrogens with one attached hydrogen (secondary N) is 1. The number of rotatable bonds is 5. The minimum atomic E-state index is -3.85. The van der Waals surface area contributed by atoms with Crippen molar-refractivity contribution in [3.63, 3.8) is 0 Å². The summed E-state index contributed by atoms with van der Waals surface area (Å²) in [5.74, 6) is -0.367. The Morgan fingerprint density at radius 3 is 2.54 bits per heavy atom. The quantitative estimate of drug-likeness (QED) is 0.764. The largest absolute Gasteiger partial charge is 0.495 e. The monoisotopic (exact) mass is 444 g/mol. The van der Waals surface area contributed by atoms with Gasteiger partial charge in [0.2, 0.25) is 10.0 Å². The predicted molar refractivity (Wildman–Crippen MR) is 107 cm³/mol. The van der Waals surface area contributed by atoms with Gasteiger partial charge in [0, 0.05) is 23.7 Å². The highest BCUT2D eigenvalue weighted by Crippen LogP contribution is 2.30. The number of ether oxygens (including phenoxy) is 2. The van der Waals surface area contributed by atoms with Crippen molar-refractivity contribution in [2.45, 2.75) is 4.90 Å². The van der Waals surface area contributed by atoms with E-state index in [4.69, 9.17) is 32.7 Å². The first-order valence-electron chi connectivity index (χ1n) is 8.35. The highest BCUT2D eigenvalue weighted by atomic mass is 35.5. The normalized spacial score (nSPS) is 15.2. The Morgan fingerprint density at radius 1 is 1.14 bits per heavy atom. The van der Waals surface area contributed by atoms with Crippen LogP contribution in [0.5, 0.6) is 5.75 Å². The molecule has 1 heterocycles. The highest BCUT2D eigenvalue weighted by molar-refractivity contribution is 7.89. The number of sulfonamides is 1. The molecule has 1 aliphatic heterocycles. The van der Waals surface area contributed by atoms with Crippen molar-refractivity contribution >= 4 is 44.8 Å². The summed E-state index contributed by atoms with van der Waals surface area (Å²) in [5, 5.41) is 3.36. The van der Waals surface area contributed by atoms with Gasteiger partial charge in [-0.05, 0) is 36.4 Å². The number of hydrogen-bond acceptors (Lipinski definition) is 5. The molecular weight excluding hydrogens is 427 g/mol. The Kier molecular flexibility index (Phi) is 6.47. The van der Waals surface area contributed by atoms with Gasteiger partial charge in [-0.2, -0.15) is 4.31 Å². The molecule has 0 radical (unpaired) electrons. The molecule has 150 valence electrons. The van der Waals surface area contributed by atoms with Crippen LogP contribution in [0.25, 0.3) is 0 Å². The van der Waals surface area contributed by atoms with Gasteiger partial charge < -0.3 is 14.8 Å². The first-order chi connectivity index (χ1) is 13.3. The SMILES string of the molecule is COc1ccc(C(=O)Nc2cc(Cl)ccc2Cl)cc1S(=O)(=O)N1CCOCC1. The van der Waals surface area contributed by atoms with Crippen molar-refractivity contribution in [2.24, 2.45) is 0 Å². The summed E-state index contributed by atoms with van der Waals surface area (Å²) in [5.41, 5.74) is 0.469. The number of methoxy groups -OCH3 is 1. The molecule has 1 N–H and O–H groups in total. The molecule has 7 nitrogen and oxygen atoms in total. The highest BCUT2D eigenvalue weighted by Gasteiger charge is 2.30. The average molecular weight is 445 g/mol. The van der Waals surface area contributed by atoms with Gasteiger partial charge in [0.1, 0.15) is 10.6 Å². The fourth-order valence-electron chi connectivity index (χ4n) is 2.73. The van der Waals surface area contributed by atoms with Gasteiger partial charge in [-0.3, -0.25) is 4.79 Å². The summed E-state index contributed by atoms with van der Waals surface area (Å²) in [4.78, 5) is 12.6. The lowest BCUT2D eigenvalue weighted by Gasteiger charge is -2.26. The molecule has 1 amide bonds. The van der Waals surface area contributed by atoms with Gasteiger partial charge in [0.15, 0.2) is 0 Å². The van der Waals surface area contributed by atoms with E-state index < -0.39 is 15.9 Å². The zero-order chi connectivity index (χ0) is 20.3. The molecular formula is C18H18Cl2N2O5S. The number of carbonyl (C=O) groups is 1. The van der Waals surface area contributed by atoms with Crippen LogP contribution in [0.4, 0.5) is 5.69 Å². The Bertz CT molecular complexity index is 991. The molecule has 1 aliphatic rings. The lowest BCUT2D eigenvalue weighted by Crippen LogP contribution is -2.40. The molecule has 0 bridgehead atoms. The van der Waals surface area contributed by atoms with E-state index in [2.05, 4.69) is 5.32 Å². The molecule has 0 spiro atoms. The van der Waals surface area contributed by atoms with Crippen molar-refractivity contribution in [1.82, 2.24) is 4.31 Å². The van der Waals surface area contributed by atoms with Crippen LogP contribution in [-0.4, -0.2) is 52.0 Å². The number of morpholine rings is 1. The number of hydrogen-bond donors (Lipinski definition) is 1. The van der Waals surface area contributed by atoms with Gasteiger partial charge in [0.25, 0.3) is 5.91 Å². The van der Waals surface area contributed by atoms with Crippen molar-refractivity contribution < 1.29 is 22.7 Å². The maximum Gasteiger partial charge on any atom is 0.255 e. The topological polar surface area (TPSA) is 84.9 Å². The Hall–Kier alpha value is -1.84. The van der Waals surface area contributed by atoms with Crippen molar-refractivity contribution in [1.29, 1.82) is 0 Å². The van der Waals surface area contributed by atoms with Crippen LogP contribution in [0.3, 0.4) is 0 Å². The van der Waals surface area contributed by atoms with Gasteiger partial charge in [-0.1, -0.05) is 23.2 Å². The first-order valence-corrected chi connectivity index (χ1v) is 10.5. The van der Waals surface area contributed by atoms with Crippen molar-refractivity contribution in [3.05, 3.63) is 52.0 Å². The lowest BCUT2D eigenvalue weighted by atomic mass is 10.2. The van der Waals surface area contributed by atoms with Crippen molar-refractivity contribution in [2.75, 3.05) is 38.7 Å². The second-order valence-electron chi connectivity index (χ2n) is 5.96. The van der Waals surface area contributed by atoms with Gasteiger partial charge >= 0.3 is 0 Å². The van der Waals surface area contributed by atoms with E-state index in [0.29, 0.717) is 28.9 Å². The molecule has 2 aromatic rings. The molecule has 0 aliphatic carbocycles. The lowest BCUT2D eigenvalue weighted by molar-refractivity contribution is 0.0729. The summed E-state index contributed by atoms with van der Waals surface area (Å²) in [6, 6.07) is 8.88. The smallest absolute Gasteiger partial charge is 0.255 e. The molecule has 0 unspecified atom stereocenters. The molecule has 0 saturated carbocycles. The molecule has 1 fully saturated rings. The van der Waals surface area contributed by atoms with Crippen LogP contribution in [0.1, 0.15) is 10.4 Å². The molecule has 2 aromatic carbocycles. The predicted octanol–water partition coefficient (Wildman–Crippen LogP) is 3.28. The summed E-state index contributed by atoms with van der Waals surface area (Å²) < 4.78 is 37.8. The van der Waals surface area contributed by atoms with E-state index in [-0.39, 0.29) is 29.3 Å². The van der Waals surface area contributed by atoms with E-state index >= 15 is 0 Å². The van der Waals surface area contributed by atoms with E-state index in [1.165, 1.54) is 35.7 Å². The van der Waals surface area contributed by atoms with Crippen LogP contribution in [-0.2, 0) is 14.8 Å².